The highest BCUT2D eigenvalue weighted by Gasteiger charge is 2.21. The Bertz CT molecular complexity index is 2370. The first kappa shape index (κ1) is 29.1. The van der Waals surface area contributed by atoms with Crippen molar-refractivity contribution in [2.45, 2.75) is 13.8 Å². The van der Waals surface area contributed by atoms with Crippen LogP contribution in [0.5, 0.6) is 0 Å². The van der Waals surface area contributed by atoms with Crippen molar-refractivity contribution < 1.29 is 4.09 Å². The lowest BCUT2D eigenvalue weighted by molar-refractivity contribution is -0.352. The molecule has 224 valence electrons. The number of rotatable bonds is 6. The molecular weight excluding hydrogens is 583 g/mol. The highest BCUT2D eigenvalue weighted by Crippen LogP contribution is 2.41. The predicted octanol–water partition coefficient (Wildman–Crippen LogP) is 9.89. The summed E-state index contributed by atoms with van der Waals surface area (Å²) < 4.78 is 11.0. The van der Waals surface area contributed by atoms with Gasteiger partial charge < -0.3 is 9.13 Å². The van der Waals surface area contributed by atoms with Gasteiger partial charge in [-0.25, -0.2) is 0 Å². The van der Waals surface area contributed by atoms with Crippen LogP contribution in [0.2, 0.25) is 0 Å². The summed E-state index contributed by atoms with van der Waals surface area (Å²) in [6.07, 6.45) is 3.76. The van der Waals surface area contributed by atoms with E-state index < -0.39 is 0 Å². The van der Waals surface area contributed by atoms with Crippen molar-refractivity contribution in [3.8, 4) is 11.4 Å². The fraction of sp³-hybridized carbons (Fsp3) is 0.0500. The molecule has 0 unspecified atom stereocenters. The number of hydrogen-bond acceptors (Lipinski definition) is 3. The Kier molecular flexibility index (Phi) is 8.11. The normalized spacial score (nSPS) is 11.9. The fourth-order valence-electron chi connectivity index (χ4n) is 6.24. The Morgan fingerprint density at radius 2 is 1.09 bits per heavy atom. The lowest BCUT2D eigenvalue weighted by Gasteiger charge is -2.14. The average Bonchev–Trinajstić information content (AvgIpc) is 3.63. The molecule has 0 saturated carbocycles. The number of aromatic nitrogens is 2. The molecule has 2 heterocycles. The van der Waals surface area contributed by atoms with Crippen LogP contribution in [0.1, 0.15) is 25.0 Å². The minimum Gasteiger partial charge on any atom is -0.307 e. The summed E-state index contributed by atoms with van der Waals surface area (Å²) in [5.41, 5.74) is 8.86. The third-order valence-electron chi connectivity index (χ3n) is 8.07. The second kappa shape index (κ2) is 12.8. The Morgan fingerprint density at radius 3 is 1.76 bits per heavy atom. The summed E-state index contributed by atoms with van der Waals surface area (Å²) in [5.74, 6) is 6.24. The molecule has 6 aromatic carbocycles. The molecule has 0 amide bonds. The van der Waals surface area contributed by atoms with E-state index in [1.165, 1.54) is 48.8 Å². The Balaban J connectivity index is 0.00000166. The molecule has 0 aliphatic heterocycles. The summed E-state index contributed by atoms with van der Waals surface area (Å²) in [4.78, 5) is 0. The number of hydrazine groups is 1. The number of fused-ring (bicyclic) bond motifs is 7. The lowest BCUT2D eigenvalue weighted by Crippen LogP contribution is -2.12. The van der Waals surface area contributed by atoms with Gasteiger partial charge in [-0.3, -0.25) is 0 Å². The van der Waals surface area contributed by atoms with Crippen LogP contribution in [0, 0.1) is 0 Å². The van der Waals surface area contributed by atoms with Gasteiger partial charge in [0.15, 0.2) is 0 Å². The molecule has 2 aromatic heterocycles. The van der Waals surface area contributed by atoms with Crippen LogP contribution in [-0.2, 0) is 0 Å². The SMILES string of the molecule is CC.N/[N+](=C\c1ccccc1)S/N=C/c1ccccc1-n1c2ccccc2c2ccc3c4ccccc4n(-c4ccccc4)c3c21. The maximum absolute atomic E-state index is 6.24. The lowest BCUT2D eigenvalue weighted by atomic mass is 10.1. The third kappa shape index (κ3) is 5.13. The van der Waals surface area contributed by atoms with E-state index in [0.717, 1.165) is 33.5 Å². The highest BCUT2D eigenvalue weighted by atomic mass is 32.2. The van der Waals surface area contributed by atoms with Gasteiger partial charge in [0.2, 0.25) is 6.21 Å². The first-order valence-corrected chi connectivity index (χ1v) is 16.3. The maximum Gasteiger partial charge on any atom is 0.341 e. The van der Waals surface area contributed by atoms with Crippen LogP contribution in [0.3, 0.4) is 0 Å². The minimum atomic E-state index is 0.995. The van der Waals surface area contributed by atoms with Crippen molar-refractivity contribution in [2.24, 2.45) is 10.2 Å². The van der Waals surface area contributed by atoms with E-state index in [2.05, 4.69) is 129 Å². The van der Waals surface area contributed by atoms with Crippen LogP contribution in [-0.4, -0.2) is 25.7 Å². The zero-order valence-electron chi connectivity index (χ0n) is 25.8. The number of para-hydroxylation sites is 4. The zero-order valence-corrected chi connectivity index (χ0v) is 26.6. The molecule has 5 nitrogen and oxygen atoms in total. The summed E-state index contributed by atoms with van der Waals surface area (Å²) in [7, 11) is 0. The summed E-state index contributed by atoms with van der Waals surface area (Å²) in [6.45, 7) is 4.00. The van der Waals surface area contributed by atoms with Crippen molar-refractivity contribution in [1.29, 1.82) is 0 Å². The largest absolute Gasteiger partial charge is 0.341 e. The van der Waals surface area contributed by atoms with Crippen molar-refractivity contribution in [3.63, 3.8) is 0 Å². The third-order valence-corrected chi connectivity index (χ3v) is 8.56. The van der Waals surface area contributed by atoms with Gasteiger partial charge in [0, 0.05) is 38.4 Å². The van der Waals surface area contributed by atoms with Crippen LogP contribution in [0.15, 0.2) is 150 Å². The predicted molar refractivity (Wildman–Crippen MR) is 198 cm³/mol. The number of nitrogens with two attached hydrogens (primary N) is 1. The first-order chi connectivity index (χ1) is 22.8. The maximum atomic E-state index is 6.24. The van der Waals surface area contributed by atoms with E-state index in [9.17, 15) is 0 Å². The molecule has 0 aliphatic rings. The van der Waals surface area contributed by atoms with Gasteiger partial charge >= 0.3 is 12.1 Å². The molecule has 0 fully saturated rings. The van der Waals surface area contributed by atoms with E-state index in [4.69, 9.17) is 5.84 Å². The van der Waals surface area contributed by atoms with Crippen LogP contribution in [0.25, 0.3) is 55.0 Å². The smallest absolute Gasteiger partial charge is 0.307 e. The average molecular weight is 617 g/mol. The molecule has 2 N–H and O–H groups in total. The molecule has 0 bridgehead atoms. The second-order valence-corrected chi connectivity index (χ2v) is 11.5. The number of hydrogen-bond donors (Lipinski definition) is 1. The molecule has 0 aliphatic carbocycles. The zero-order chi connectivity index (χ0) is 31.5. The van der Waals surface area contributed by atoms with Gasteiger partial charge in [0.25, 0.3) is 0 Å². The topological polar surface area (TPSA) is 51.2 Å². The molecule has 0 radical (unpaired) electrons. The van der Waals surface area contributed by atoms with Crippen LogP contribution in [0.4, 0.5) is 0 Å². The molecule has 0 spiro atoms. The van der Waals surface area contributed by atoms with Crippen LogP contribution < -0.4 is 5.84 Å². The van der Waals surface area contributed by atoms with Gasteiger partial charge in [0.1, 0.15) is 0 Å². The van der Waals surface area contributed by atoms with Crippen molar-refractivity contribution in [3.05, 3.63) is 157 Å². The van der Waals surface area contributed by atoms with Gasteiger partial charge in [-0.1, -0.05) is 117 Å². The fourth-order valence-corrected chi connectivity index (χ4v) is 6.68. The van der Waals surface area contributed by atoms with E-state index in [-0.39, 0.29) is 0 Å². The summed E-state index contributed by atoms with van der Waals surface area (Å²) in [5, 5.41) is 4.87. The standard InChI is InChI=1S/C38H28N5S.C2H6/c39-41(26-27-13-3-1-4-14-27)44-40-25-28-15-7-10-20-34(28)43-36-22-12-9-19-31(36)33-24-23-32-30-18-8-11-21-35(30)42(37(32)38(33)43)29-16-5-2-6-17-29;1-2/h1-26H,39H2;1-2H3/q+1;/b40-25+,41-26+;. The van der Waals surface area contributed by atoms with Gasteiger partial charge in [-0.05, 0) is 46.6 Å². The Hall–Kier alpha value is -5.59. The molecule has 8 rings (SSSR count). The number of nitrogens with zero attached hydrogens (tertiary/aromatic N) is 4. The molecular formula is C40H34N5S+. The Morgan fingerprint density at radius 1 is 0.565 bits per heavy atom. The number of benzene rings is 6. The first-order valence-electron chi connectivity index (χ1n) is 15.5. The van der Waals surface area contributed by atoms with E-state index in [1.54, 1.807) is 0 Å². The Labute approximate surface area is 272 Å². The molecule has 6 heteroatoms. The van der Waals surface area contributed by atoms with E-state index in [1.807, 2.05) is 56.6 Å². The summed E-state index contributed by atoms with van der Waals surface area (Å²) in [6, 6.07) is 50.9. The molecule has 0 atom stereocenters. The van der Waals surface area contributed by atoms with Crippen molar-refractivity contribution >= 4 is 68.2 Å². The molecule has 8 aromatic rings. The van der Waals surface area contributed by atoms with Gasteiger partial charge in [-0.15, -0.1) is 0 Å². The van der Waals surface area contributed by atoms with E-state index in [0.29, 0.717) is 0 Å². The van der Waals surface area contributed by atoms with Gasteiger partial charge in [0.05, 0.1) is 34.0 Å². The molecule has 0 saturated heterocycles. The minimum absolute atomic E-state index is 0.995. The van der Waals surface area contributed by atoms with E-state index >= 15 is 0 Å². The number of hydrazone groups is 1. The van der Waals surface area contributed by atoms with Crippen molar-refractivity contribution in [1.82, 2.24) is 9.13 Å². The monoisotopic (exact) mass is 616 g/mol. The molecule has 46 heavy (non-hydrogen) atoms. The highest BCUT2D eigenvalue weighted by molar-refractivity contribution is 7.92. The van der Waals surface area contributed by atoms with Gasteiger partial charge in [-0.2, -0.15) is 10.2 Å². The quantitative estimate of drug-likeness (QED) is 0.0665. The van der Waals surface area contributed by atoms with Crippen molar-refractivity contribution in [2.75, 3.05) is 0 Å². The second-order valence-electron chi connectivity index (χ2n) is 10.7. The summed E-state index contributed by atoms with van der Waals surface area (Å²) >= 11 is 1.20. The van der Waals surface area contributed by atoms with Crippen LogP contribution >= 0.6 is 12.1 Å².